The quantitative estimate of drug-likeness (QED) is 0.134. The smallest absolute Gasteiger partial charge is 0.311 e. The molecule has 1 aromatic rings. The van der Waals surface area contributed by atoms with Crippen LogP contribution in [0.3, 0.4) is 0 Å². The molecule has 0 aromatic heterocycles. The number of para-hydroxylation sites is 1. The van der Waals surface area contributed by atoms with Crippen LogP contribution in [0.5, 0.6) is 11.5 Å². The number of ether oxygens (including phenoxy) is 2. The molecule has 0 aliphatic rings. The van der Waals surface area contributed by atoms with Crippen LogP contribution in [-0.4, -0.2) is 11.9 Å². The van der Waals surface area contributed by atoms with Gasteiger partial charge in [0, 0.05) is 12.8 Å². The number of hydrogen-bond acceptors (Lipinski definition) is 4. The molecule has 4 nitrogen and oxygen atoms in total. The average Bonchev–Trinajstić information content (AvgIpc) is 2.75. The van der Waals surface area contributed by atoms with Crippen molar-refractivity contribution in [2.45, 2.75) is 124 Å². The normalized spacial score (nSPS) is 10.8. The number of carbonyl (C=O) groups excluding carboxylic acids is 2. The highest BCUT2D eigenvalue weighted by molar-refractivity contribution is 5.76. The highest BCUT2D eigenvalue weighted by atomic mass is 16.6. The van der Waals surface area contributed by atoms with Crippen LogP contribution in [0.15, 0.2) is 18.2 Å². The van der Waals surface area contributed by atoms with Gasteiger partial charge in [-0.1, -0.05) is 97.1 Å². The van der Waals surface area contributed by atoms with E-state index in [1.807, 2.05) is 12.1 Å². The van der Waals surface area contributed by atoms with Gasteiger partial charge in [0.25, 0.3) is 0 Å². The molecule has 0 atom stereocenters. The minimum Gasteiger partial charge on any atom is -0.423 e. The van der Waals surface area contributed by atoms with E-state index in [4.69, 9.17) is 9.47 Å². The maximum absolute atomic E-state index is 12.4. The summed E-state index contributed by atoms with van der Waals surface area (Å²) in [5.41, 5.74) is 0.955. The summed E-state index contributed by atoms with van der Waals surface area (Å²) in [6.45, 7) is 6.45. The molecule has 0 radical (unpaired) electrons. The summed E-state index contributed by atoms with van der Waals surface area (Å²) in [7, 11) is 0. The molecular formula is C27H44O4. The van der Waals surface area contributed by atoms with Crippen molar-refractivity contribution >= 4 is 11.9 Å². The van der Waals surface area contributed by atoms with Gasteiger partial charge in [-0.25, -0.2) is 0 Å². The van der Waals surface area contributed by atoms with E-state index in [-0.39, 0.29) is 11.9 Å². The van der Waals surface area contributed by atoms with Crippen LogP contribution in [0.25, 0.3) is 0 Å². The maximum Gasteiger partial charge on any atom is 0.311 e. The molecule has 0 saturated carbocycles. The van der Waals surface area contributed by atoms with Crippen LogP contribution < -0.4 is 9.47 Å². The Bertz CT molecular complexity index is 624. The van der Waals surface area contributed by atoms with Crippen molar-refractivity contribution in [1.29, 1.82) is 0 Å². The molecule has 1 rings (SSSR count). The second kappa shape index (κ2) is 17.8. The van der Waals surface area contributed by atoms with Crippen molar-refractivity contribution in [3.8, 4) is 11.5 Å². The molecule has 176 valence electrons. The molecule has 0 fully saturated rings. The third-order valence-electron chi connectivity index (χ3n) is 5.52. The third kappa shape index (κ3) is 12.6. The SMILES string of the molecule is CCCCCCCCCc1cccc(OC(=O)CCCCC)c1OC(=O)CCCCC. The Balaban J connectivity index is 2.76. The standard InChI is InChI=1S/C27H44O4/c1-4-7-10-11-12-13-16-18-23-19-17-20-24(30-25(28)21-14-8-5-2)27(23)31-26(29)22-15-9-6-3/h17,19-20H,4-16,18,21-22H2,1-3H3. The largest absolute Gasteiger partial charge is 0.423 e. The van der Waals surface area contributed by atoms with Crippen LogP contribution in [0, 0.1) is 0 Å². The maximum atomic E-state index is 12.4. The lowest BCUT2D eigenvalue weighted by Crippen LogP contribution is -2.13. The Morgan fingerprint density at radius 1 is 0.645 bits per heavy atom. The molecule has 4 heteroatoms. The predicted molar refractivity (Wildman–Crippen MR) is 128 cm³/mol. The number of unbranched alkanes of at least 4 members (excludes halogenated alkanes) is 10. The number of hydrogen-bond donors (Lipinski definition) is 0. The van der Waals surface area contributed by atoms with E-state index in [1.165, 1.54) is 32.1 Å². The van der Waals surface area contributed by atoms with Crippen molar-refractivity contribution < 1.29 is 19.1 Å². The summed E-state index contributed by atoms with van der Waals surface area (Å²) in [4.78, 5) is 24.7. The Morgan fingerprint density at radius 2 is 1.16 bits per heavy atom. The van der Waals surface area contributed by atoms with Crippen LogP contribution in [-0.2, 0) is 16.0 Å². The van der Waals surface area contributed by atoms with Crippen molar-refractivity contribution in [2.24, 2.45) is 0 Å². The van der Waals surface area contributed by atoms with Crippen LogP contribution in [0.2, 0.25) is 0 Å². The van der Waals surface area contributed by atoms with Gasteiger partial charge >= 0.3 is 11.9 Å². The summed E-state index contributed by atoms with van der Waals surface area (Å²) in [6.07, 6.45) is 16.0. The minimum absolute atomic E-state index is 0.247. The van der Waals surface area contributed by atoms with Crippen molar-refractivity contribution in [1.82, 2.24) is 0 Å². The number of benzene rings is 1. The monoisotopic (exact) mass is 432 g/mol. The molecule has 1 aromatic carbocycles. The van der Waals surface area contributed by atoms with E-state index >= 15 is 0 Å². The summed E-state index contributed by atoms with van der Waals surface area (Å²) in [5, 5.41) is 0. The predicted octanol–water partition coefficient (Wildman–Crippen LogP) is 7.95. The summed E-state index contributed by atoms with van der Waals surface area (Å²) in [5.74, 6) is 0.318. The highest BCUT2D eigenvalue weighted by Gasteiger charge is 2.17. The second-order valence-corrected chi connectivity index (χ2v) is 8.48. The molecule has 0 bridgehead atoms. The molecule has 0 aliphatic heterocycles. The zero-order valence-electron chi connectivity index (χ0n) is 20.2. The minimum atomic E-state index is -0.259. The molecule has 0 amide bonds. The molecular weight excluding hydrogens is 388 g/mol. The summed E-state index contributed by atoms with van der Waals surface area (Å²) >= 11 is 0. The topological polar surface area (TPSA) is 52.6 Å². The first-order valence-corrected chi connectivity index (χ1v) is 12.7. The number of rotatable bonds is 18. The summed E-state index contributed by atoms with van der Waals surface area (Å²) in [6, 6.07) is 5.61. The van der Waals surface area contributed by atoms with Crippen molar-refractivity contribution in [2.75, 3.05) is 0 Å². The Morgan fingerprint density at radius 3 is 1.77 bits per heavy atom. The van der Waals surface area contributed by atoms with Gasteiger partial charge in [0.05, 0.1) is 0 Å². The molecule has 0 aliphatic carbocycles. The molecule has 0 heterocycles. The Hall–Kier alpha value is -1.84. The lowest BCUT2D eigenvalue weighted by atomic mass is 10.0. The molecule has 31 heavy (non-hydrogen) atoms. The Labute approximate surface area is 190 Å². The van der Waals surface area contributed by atoms with E-state index in [1.54, 1.807) is 6.07 Å². The number of aryl methyl sites for hydroxylation is 1. The lowest BCUT2D eigenvalue weighted by molar-refractivity contribution is -0.137. The van der Waals surface area contributed by atoms with Crippen LogP contribution in [0.4, 0.5) is 0 Å². The fourth-order valence-electron chi connectivity index (χ4n) is 3.60. The van der Waals surface area contributed by atoms with Gasteiger partial charge in [0.1, 0.15) is 0 Å². The fraction of sp³-hybridized carbons (Fsp3) is 0.704. The summed E-state index contributed by atoms with van der Waals surface area (Å²) < 4.78 is 11.4. The van der Waals surface area contributed by atoms with Crippen LogP contribution >= 0.6 is 0 Å². The average molecular weight is 433 g/mol. The molecule has 0 unspecified atom stereocenters. The third-order valence-corrected chi connectivity index (χ3v) is 5.52. The van der Waals surface area contributed by atoms with E-state index in [0.29, 0.717) is 24.3 Å². The van der Waals surface area contributed by atoms with E-state index < -0.39 is 0 Å². The zero-order chi connectivity index (χ0) is 22.7. The Kier molecular flexibility index (Phi) is 15.6. The first-order chi connectivity index (χ1) is 15.1. The lowest BCUT2D eigenvalue weighted by Gasteiger charge is -2.15. The van der Waals surface area contributed by atoms with Gasteiger partial charge in [0.15, 0.2) is 11.5 Å². The fourth-order valence-corrected chi connectivity index (χ4v) is 3.60. The molecule has 0 spiro atoms. The molecule has 0 saturated heterocycles. The number of esters is 2. The van der Waals surface area contributed by atoms with Gasteiger partial charge in [-0.2, -0.15) is 0 Å². The van der Waals surface area contributed by atoms with E-state index in [2.05, 4.69) is 20.8 Å². The van der Waals surface area contributed by atoms with Gasteiger partial charge in [0.2, 0.25) is 0 Å². The second-order valence-electron chi connectivity index (χ2n) is 8.48. The molecule has 0 N–H and O–H groups in total. The van der Waals surface area contributed by atoms with Crippen molar-refractivity contribution in [3.63, 3.8) is 0 Å². The van der Waals surface area contributed by atoms with Gasteiger partial charge < -0.3 is 9.47 Å². The first-order valence-electron chi connectivity index (χ1n) is 12.7. The van der Waals surface area contributed by atoms with E-state index in [0.717, 1.165) is 63.4 Å². The van der Waals surface area contributed by atoms with Crippen molar-refractivity contribution in [3.05, 3.63) is 23.8 Å². The first kappa shape index (κ1) is 27.2. The van der Waals surface area contributed by atoms with Gasteiger partial charge in [-0.3, -0.25) is 9.59 Å². The van der Waals surface area contributed by atoms with Gasteiger partial charge in [-0.15, -0.1) is 0 Å². The van der Waals surface area contributed by atoms with Crippen LogP contribution in [0.1, 0.15) is 123 Å². The van der Waals surface area contributed by atoms with E-state index in [9.17, 15) is 9.59 Å². The van der Waals surface area contributed by atoms with Gasteiger partial charge in [-0.05, 0) is 37.3 Å². The zero-order valence-corrected chi connectivity index (χ0v) is 20.2. The number of carbonyl (C=O) groups is 2. The highest BCUT2D eigenvalue weighted by Crippen LogP contribution is 2.33.